The number of aromatic nitrogens is 1. The van der Waals surface area contributed by atoms with Crippen LogP contribution in [0, 0.1) is 6.92 Å². The molecule has 1 heterocycles. The Kier molecular flexibility index (Phi) is 7.41. The van der Waals surface area contributed by atoms with Crippen LogP contribution in [-0.4, -0.2) is 31.6 Å². The largest absolute Gasteiger partial charge is 0.497 e. The number of nitrogens with zero attached hydrogens (tertiary/aromatic N) is 2. The predicted molar refractivity (Wildman–Crippen MR) is 139 cm³/mol. The number of benzene rings is 3. The topological polar surface area (TPSA) is 54.2 Å². The monoisotopic (exact) mass is 470 g/mol. The Morgan fingerprint density at radius 2 is 1.54 bits per heavy atom. The Hall–Kier alpha value is -4.19. The van der Waals surface area contributed by atoms with Crippen LogP contribution < -0.4 is 14.2 Å². The standard InChI is InChI=1S/C29H30N2O4/c1-20(30-35-19-22-9-8-10-25(17-22)33-4)26-18-28(23-13-15-24(32-3)16-14-23)31(21(26)2)27-11-6-7-12-29(27)34-5/h6-18H,19H2,1-5H3/b30-20-. The highest BCUT2D eigenvalue weighted by molar-refractivity contribution is 6.01. The van der Waals surface area contributed by atoms with E-state index in [1.165, 1.54) is 0 Å². The molecule has 0 amide bonds. The number of oxime groups is 1. The van der Waals surface area contributed by atoms with Crippen molar-refractivity contribution < 1.29 is 19.0 Å². The Labute approximate surface area is 206 Å². The minimum Gasteiger partial charge on any atom is -0.497 e. The third-order valence-corrected chi connectivity index (χ3v) is 5.92. The fourth-order valence-electron chi connectivity index (χ4n) is 4.09. The van der Waals surface area contributed by atoms with E-state index in [4.69, 9.17) is 19.0 Å². The summed E-state index contributed by atoms with van der Waals surface area (Å²) in [4.78, 5) is 5.71. The van der Waals surface area contributed by atoms with Gasteiger partial charge < -0.3 is 23.6 Å². The maximum Gasteiger partial charge on any atom is 0.142 e. The van der Waals surface area contributed by atoms with Crippen LogP contribution >= 0.6 is 0 Å². The van der Waals surface area contributed by atoms with Crippen molar-refractivity contribution in [3.63, 3.8) is 0 Å². The quantitative estimate of drug-likeness (QED) is 0.209. The average molecular weight is 471 g/mol. The van der Waals surface area contributed by atoms with Gasteiger partial charge in [-0.3, -0.25) is 0 Å². The summed E-state index contributed by atoms with van der Waals surface area (Å²) in [5, 5.41) is 4.43. The van der Waals surface area contributed by atoms with E-state index < -0.39 is 0 Å². The number of para-hydroxylation sites is 2. The molecule has 1 aromatic heterocycles. The van der Waals surface area contributed by atoms with Crippen LogP contribution in [0.3, 0.4) is 0 Å². The second kappa shape index (κ2) is 10.8. The maximum absolute atomic E-state index is 5.71. The second-order valence-electron chi connectivity index (χ2n) is 8.07. The van der Waals surface area contributed by atoms with Crippen molar-refractivity contribution >= 4 is 5.71 Å². The molecule has 0 atom stereocenters. The molecule has 0 unspecified atom stereocenters. The van der Waals surface area contributed by atoms with Gasteiger partial charge in [0.1, 0.15) is 23.9 Å². The fourth-order valence-corrected chi connectivity index (χ4v) is 4.09. The lowest BCUT2D eigenvalue weighted by molar-refractivity contribution is 0.130. The van der Waals surface area contributed by atoms with Crippen LogP contribution in [-0.2, 0) is 11.4 Å². The number of ether oxygens (including phenoxy) is 3. The van der Waals surface area contributed by atoms with E-state index in [9.17, 15) is 0 Å². The first-order valence-corrected chi connectivity index (χ1v) is 11.4. The van der Waals surface area contributed by atoms with E-state index in [1.807, 2.05) is 61.5 Å². The van der Waals surface area contributed by atoms with Crippen molar-refractivity contribution in [1.29, 1.82) is 0 Å². The number of hydrogen-bond donors (Lipinski definition) is 0. The molecule has 35 heavy (non-hydrogen) atoms. The zero-order chi connectivity index (χ0) is 24.8. The highest BCUT2D eigenvalue weighted by atomic mass is 16.6. The minimum atomic E-state index is 0.353. The molecule has 0 fully saturated rings. The normalized spacial score (nSPS) is 11.3. The van der Waals surface area contributed by atoms with Gasteiger partial charge in [-0.25, -0.2) is 0 Å². The minimum absolute atomic E-state index is 0.353. The first kappa shape index (κ1) is 24.0. The Morgan fingerprint density at radius 3 is 2.26 bits per heavy atom. The van der Waals surface area contributed by atoms with Crippen LogP contribution in [0.5, 0.6) is 17.2 Å². The first-order chi connectivity index (χ1) is 17.0. The summed E-state index contributed by atoms with van der Waals surface area (Å²) in [7, 11) is 5.00. The van der Waals surface area contributed by atoms with Gasteiger partial charge in [-0.15, -0.1) is 0 Å². The third kappa shape index (κ3) is 5.17. The third-order valence-electron chi connectivity index (χ3n) is 5.92. The van der Waals surface area contributed by atoms with E-state index in [0.29, 0.717) is 6.61 Å². The molecule has 3 aromatic carbocycles. The highest BCUT2D eigenvalue weighted by Gasteiger charge is 2.19. The molecule has 4 rings (SSSR count). The van der Waals surface area contributed by atoms with E-state index in [2.05, 4.69) is 40.9 Å². The van der Waals surface area contributed by atoms with E-state index >= 15 is 0 Å². The van der Waals surface area contributed by atoms with E-state index in [-0.39, 0.29) is 0 Å². The maximum atomic E-state index is 5.71. The molecule has 0 N–H and O–H groups in total. The van der Waals surface area contributed by atoms with Crippen LogP contribution in [0.25, 0.3) is 16.9 Å². The zero-order valence-corrected chi connectivity index (χ0v) is 20.7. The van der Waals surface area contributed by atoms with Gasteiger partial charge in [0.25, 0.3) is 0 Å². The molecular formula is C29H30N2O4. The second-order valence-corrected chi connectivity index (χ2v) is 8.07. The van der Waals surface area contributed by atoms with Gasteiger partial charge in [0.05, 0.1) is 38.4 Å². The molecule has 4 aromatic rings. The van der Waals surface area contributed by atoms with Crippen molar-refractivity contribution in [2.24, 2.45) is 5.16 Å². The summed E-state index contributed by atoms with van der Waals surface area (Å²) < 4.78 is 18.5. The van der Waals surface area contributed by atoms with Gasteiger partial charge in [0.2, 0.25) is 0 Å². The molecular weight excluding hydrogens is 440 g/mol. The van der Waals surface area contributed by atoms with E-state index in [0.717, 1.165) is 56.7 Å². The Balaban J connectivity index is 1.73. The summed E-state index contributed by atoms with van der Waals surface area (Å²) in [6.07, 6.45) is 0. The van der Waals surface area contributed by atoms with Crippen molar-refractivity contribution in [2.45, 2.75) is 20.5 Å². The number of methoxy groups -OCH3 is 3. The van der Waals surface area contributed by atoms with Crippen molar-refractivity contribution in [1.82, 2.24) is 4.57 Å². The van der Waals surface area contributed by atoms with E-state index in [1.54, 1.807) is 21.3 Å². The Morgan fingerprint density at radius 1 is 0.800 bits per heavy atom. The summed E-state index contributed by atoms with van der Waals surface area (Å²) in [5.74, 6) is 2.39. The molecule has 0 aliphatic heterocycles. The van der Waals surface area contributed by atoms with Crippen LogP contribution in [0.15, 0.2) is 84.0 Å². The molecule has 6 nitrogen and oxygen atoms in total. The van der Waals surface area contributed by atoms with Crippen LogP contribution in [0.4, 0.5) is 0 Å². The molecule has 0 radical (unpaired) electrons. The molecule has 0 saturated carbocycles. The summed E-state index contributed by atoms with van der Waals surface area (Å²) in [6.45, 7) is 4.39. The summed E-state index contributed by atoms with van der Waals surface area (Å²) >= 11 is 0. The predicted octanol–water partition coefficient (Wildman–Crippen LogP) is 6.42. The molecule has 0 aliphatic rings. The van der Waals surface area contributed by atoms with Gasteiger partial charge in [0, 0.05) is 11.3 Å². The van der Waals surface area contributed by atoms with Crippen LogP contribution in [0.2, 0.25) is 0 Å². The lowest BCUT2D eigenvalue weighted by Gasteiger charge is -2.16. The lowest BCUT2D eigenvalue weighted by Crippen LogP contribution is -2.04. The first-order valence-electron chi connectivity index (χ1n) is 11.4. The van der Waals surface area contributed by atoms with Gasteiger partial charge in [0.15, 0.2) is 0 Å². The van der Waals surface area contributed by atoms with Crippen LogP contribution in [0.1, 0.15) is 23.7 Å². The zero-order valence-electron chi connectivity index (χ0n) is 20.7. The molecule has 0 spiro atoms. The van der Waals surface area contributed by atoms with Crippen molar-refractivity contribution in [3.05, 3.63) is 95.7 Å². The Bertz CT molecular complexity index is 1320. The fraction of sp³-hybridized carbons (Fsp3) is 0.207. The van der Waals surface area contributed by atoms with Gasteiger partial charge >= 0.3 is 0 Å². The lowest BCUT2D eigenvalue weighted by atomic mass is 10.1. The smallest absolute Gasteiger partial charge is 0.142 e. The van der Waals surface area contributed by atoms with Gasteiger partial charge in [-0.1, -0.05) is 29.4 Å². The van der Waals surface area contributed by atoms with Gasteiger partial charge in [-0.2, -0.15) is 0 Å². The van der Waals surface area contributed by atoms with Crippen molar-refractivity contribution in [3.8, 4) is 34.2 Å². The molecule has 6 heteroatoms. The number of rotatable bonds is 9. The summed E-state index contributed by atoms with van der Waals surface area (Å²) in [5.41, 5.74) is 6.83. The SMILES string of the molecule is COc1ccc(-c2cc(/C(C)=N\OCc3cccc(OC)c3)c(C)n2-c2ccccc2OC)cc1. The average Bonchev–Trinajstić information content (AvgIpc) is 3.25. The van der Waals surface area contributed by atoms with Gasteiger partial charge in [-0.05, 0) is 79.6 Å². The molecule has 0 bridgehead atoms. The highest BCUT2D eigenvalue weighted by Crippen LogP contribution is 2.34. The number of hydrogen-bond acceptors (Lipinski definition) is 5. The molecule has 0 saturated heterocycles. The van der Waals surface area contributed by atoms with Crippen molar-refractivity contribution in [2.75, 3.05) is 21.3 Å². The summed E-state index contributed by atoms with van der Waals surface area (Å²) in [6, 6.07) is 25.9. The molecule has 0 aliphatic carbocycles. The molecule has 180 valence electrons.